The quantitative estimate of drug-likeness (QED) is 0.561. The van der Waals surface area contributed by atoms with Gasteiger partial charge in [0, 0.05) is 17.7 Å². The van der Waals surface area contributed by atoms with E-state index in [2.05, 4.69) is 0 Å². The van der Waals surface area contributed by atoms with Crippen molar-refractivity contribution in [2.45, 2.75) is 31.9 Å². The first-order chi connectivity index (χ1) is 12.0. The fourth-order valence-corrected chi connectivity index (χ4v) is 3.20. The van der Waals surface area contributed by atoms with E-state index >= 15 is 0 Å². The fraction of sp³-hybridized carbons (Fsp3) is 0.294. The molecule has 0 unspecified atom stereocenters. The number of hydrogen-bond donors (Lipinski definition) is 2. The number of halogens is 3. The molecule has 0 radical (unpaired) electrons. The van der Waals surface area contributed by atoms with Gasteiger partial charge in [0.2, 0.25) is 0 Å². The Morgan fingerprint density at radius 3 is 2.54 bits per heavy atom. The zero-order valence-electron chi connectivity index (χ0n) is 14.1. The molecule has 2 aromatic carbocycles. The standard InChI is InChI=1S/C17H16F3NO4S/c1-9-4-5-12-11(6-9)15-13(22)7-10(8-14(15)24-16(12,2)3)25-21(23)26-17(18,19)20/h4-8,22-23H,1-3H3. The van der Waals surface area contributed by atoms with Crippen molar-refractivity contribution in [2.75, 3.05) is 0 Å². The van der Waals surface area contributed by atoms with E-state index in [4.69, 9.17) is 9.57 Å². The van der Waals surface area contributed by atoms with Crippen molar-refractivity contribution < 1.29 is 33.1 Å². The SMILES string of the molecule is Cc1ccc2c(c1)-c1c(O)cc(ON(O)SC(F)(F)F)cc1OC2(C)C. The van der Waals surface area contributed by atoms with Crippen molar-refractivity contribution in [3.8, 4) is 28.4 Å². The molecule has 1 heterocycles. The lowest BCUT2D eigenvalue weighted by Crippen LogP contribution is -2.29. The molecule has 3 rings (SSSR count). The van der Waals surface area contributed by atoms with Gasteiger partial charge in [-0.3, -0.25) is 5.21 Å². The summed E-state index contributed by atoms with van der Waals surface area (Å²) in [7, 11) is 0. The minimum Gasteiger partial charge on any atom is -0.507 e. The molecular weight excluding hydrogens is 371 g/mol. The van der Waals surface area contributed by atoms with E-state index in [1.54, 1.807) is 0 Å². The van der Waals surface area contributed by atoms with E-state index in [1.807, 2.05) is 39.0 Å². The minimum absolute atomic E-state index is 0.201. The van der Waals surface area contributed by atoms with E-state index in [0.717, 1.165) is 22.8 Å². The number of aromatic hydroxyl groups is 1. The molecule has 2 N–H and O–H groups in total. The third-order valence-corrected chi connectivity index (χ3v) is 4.32. The number of nitrogens with zero attached hydrogens (tertiary/aromatic N) is 1. The third-order valence-electron chi connectivity index (χ3n) is 3.88. The van der Waals surface area contributed by atoms with Gasteiger partial charge >= 0.3 is 5.51 Å². The lowest BCUT2D eigenvalue weighted by molar-refractivity contribution is -0.199. The number of ether oxygens (including phenoxy) is 1. The number of phenolic OH excluding ortho intramolecular Hbond substituents is 1. The molecule has 0 atom stereocenters. The van der Waals surface area contributed by atoms with E-state index < -0.39 is 27.7 Å². The summed E-state index contributed by atoms with van der Waals surface area (Å²) in [5, 5.41) is 19.7. The summed E-state index contributed by atoms with van der Waals surface area (Å²) in [4.78, 5) is 4.71. The van der Waals surface area contributed by atoms with Crippen LogP contribution in [0.25, 0.3) is 11.1 Å². The number of aryl methyl sites for hydroxylation is 1. The van der Waals surface area contributed by atoms with Crippen LogP contribution in [0.1, 0.15) is 25.0 Å². The maximum Gasteiger partial charge on any atom is 0.461 e. The normalized spacial score (nSPS) is 15.2. The molecule has 5 nitrogen and oxygen atoms in total. The predicted octanol–water partition coefficient (Wildman–Crippen LogP) is 5.15. The molecule has 0 saturated carbocycles. The Morgan fingerprint density at radius 1 is 1.19 bits per heavy atom. The first-order valence-electron chi connectivity index (χ1n) is 7.56. The van der Waals surface area contributed by atoms with Crippen molar-refractivity contribution in [3.05, 3.63) is 41.5 Å². The Kier molecular flexibility index (Phi) is 4.50. The van der Waals surface area contributed by atoms with Gasteiger partial charge in [-0.05, 0) is 26.3 Å². The summed E-state index contributed by atoms with van der Waals surface area (Å²) in [6, 6.07) is 8.18. The van der Waals surface area contributed by atoms with Crippen molar-refractivity contribution in [2.24, 2.45) is 0 Å². The molecule has 0 aliphatic carbocycles. The Morgan fingerprint density at radius 2 is 1.88 bits per heavy atom. The summed E-state index contributed by atoms with van der Waals surface area (Å²) in [5.41, 5.74) is -2.40. The highest BCUT2D eigenvalue weighted by Crippen LogP contribution is 2.51. The van der Waals surface area contributed by atoms with Gasteiger partial charge in [-0.15, -0.1) is 0 Å². The number of fused-ring (bicyclic) bond motifs is 3. The van der Waals surface area contributed by atoms with Gasteiger partial charge in [-0.25, -0.2) is 0 Å². The van der Waals surface area contributed by atoms with E-state index in [0.29, 0.717) is 5.56 Å². The molecule has 140 valence electrons. The van der Waals surface area contributed by atoms with Crippen LogP contribution in [0.5, 0.6) is 17.2 Å². The van der Waals surface area contributed by atoms with Gasteiger partial charge in [-0.1, -0.05) is 23.8 Å². The Balaban J connectivity index is 2.02. The van der Waals surface area contributed by atoms with Crippen molar-refractivity contribution >= 4 is 11.9 Å². The van der Waals surface area contributed by atoms with Crippen LogP contribution in [0.3, 0.4) is 0 Å². The van der Waals surface area contributed by atoms with Gasteiger partial charge in [-0.2, -0.15) is 13.2 Å². The van der Waals surface area contributed by atoms with Crippen LogP contribution in [0, 0.1) is 6.92 Å². The van der Waals surface area contributed by atoms with Crippen LogP contribution in [0.4, 0.5) is 13.2 Å². The molecule has 0 fully saturated rings. The third kappa shape index (κ3) is 3.69. The number of alkyl halides is 3. The summed E-state index contributed by atoms with van der Waals surface area (Å²) >= 11 is -0.871. The molecule has 9 heteroatoms. The largest absolute Gasteiger partial charge is 0.507 e. The Labute approximate surface area is 152 Å². The molecule has 0 aromatic heterocycles. The molecule has 0 amide bonds. The molecule has 2 aromatic rings. The van der Waals surface area contributed by atoms with E-state index in [1.165, 1.54) is 6.07 Å². The van der Waals surface area contributed by atoms with Crippen LogP contribution in [0.15, 0.2) is 30.3 Å². The maximum atomic E-state index is 12.3. The summed E-state index contributed by atoms with van der Waals surface area (Å²) in [6.45, 7) is 5.59. The second kappa shape index (κ2) is 6.26. The number of hydrogen-bond acceptors (Lipinski definition) is 6. The molecule has 0 spiro atoms. The highest BCUT2D eigenvalue weighted by molar-refractivity contribution is 7.97. The van der Waals surface area contributed by atoms with Crippen molar-refractivity contribution in [3.63, 3.8) is 0 Å². The Hall–Kier alpha value is -2.10. The predicted molar refractivity (Wildman–Crippen MR) is 89.8 cm³/mol. The van der Waals surface area contributed by atoms with Gasteiger partial charge in [0.1, 0.15) is 29.0 Å². The van der Waals surface area contributed by atoms with Gasteiger partial charge in [0.25, 0.3) is 0 Å². The van der Waals surface area contributed by atoms with Crippen LogP contribution in [0.2, 0.25) is 0 Å². The molecule has 0 saturated heterocycles. The van der Waals surface area contributed by atoms with Crippen LogP contribution in [-0.2, 0) is 5.60 Å². The average molecular weight is 387 g/mol. The second-order valence-corrected chi connectivity index (χ2v) is 7.30. The second-order valence-electron chi connectivity index (χ2n) is 6.34. The minimum atomic E-state index is -4.72. The molecular formula is C17H16F3NO4S. The monoisotopic (exact) mass is 387 g/mol. The highest BCUT2D eigenvalue weighted by atomic mass is 32.2. The molecule has 26 heavy (non-hydrogen) atoms. The first-order valence-corrected chi connectivity index (χ1v) is 8.34. The molecule has 1 aliphatic heterocycles. The highest BCUT2D eigenvalue weighted by Gasteiger charge is 2.36. The van der Waals surface area contributed by atoms with Gasteiger partial charge in [0.05, 0.1) is 10.2 Å². The topological polar surface area (TPSA) is 62.2 Å². The summed E-state index contributed by atoms with van der Waals surface area (Å²) in [5.74, 6) is -0.189. The van der Waals surface area contributed by atoms with Gasteiger partial charge < -0.3 is 14.7 Å². The first kappa shape index (κ1) is 18.7. The molecule has 0 bridgehead atoms. The lowest BCUT2D eigenvalue weighted by Gasteiger charge is -2.35. The van der Waals surface area contributed by atoms with E-state index in [-0.39, 0.29) is 17.2 Å². The fourth-order valence-electron chi connectivity index (χ4n) is 2.90. The van der Waals surface area contributed by atoms with Gasteiger partial charge in [0.15, 0.2) is 5.75 Å². The zero-order chi connectivity index (χ0) is 19.3. The maximum absolute atomic E-state index is 12.3. The van der Waals surface area contributed by atoms with Crippen LogP contribution >= 0.6 is 11.9 Å². The average Bonchev–Trinajstić information content (AvgIpc) is 2.42. The Bertz CT molecular complexity index is 855. The van der Waals surface area contributed by atoms with Crippen LogP contribution in [-0.4, -0.2) is 20.5 Å². The van der Waals surface area contributed by atoms with Crippen molar-refractivity contribution in [1.29, 1.82) is 0 Å². The van der Waals surface area contributed by atoms with E-state index in [9.17, 15) is 23.5 Å². The molecule has 1 aliphatic rings. The smallest absolute Gasteiger partial charge is 0.461 e. The lowest BCUT2D eigenvalue weighted by atomic mass is 9.85. The summed E-state index contributed by atoms with van der Waals surface area (Å²) in [6.07, 6.45) is 0. The number of benzene rings is 2. The number of rotatable bonds is 3. The van der Waals surface area contributed by atoms with Crippen LogP contribution < -0.4 is 9.57 Å². The number of phenols is 1. The summed E-state index contributed by atoms with van der Waals surface area (Å²) < 4.78 is 42.3. The van der Waals surface area contributed by atoms with Crippen molar-refractivity contribution in [1.82, 2.24) is 4.63 Å². The zero-order valence-corrected chi connectivity index (χ0v) is 14.9.